The van der Waals surface area contributed by atoms with E-state index in [1.807, 2.05) is 13.8 Å². The van der Waals surface area contributed by atoms with Crippen LogP contribution in [-0.2, 0) is 0 Å². The number of hydrogen-bond donors (Lipinski definition) is 2. The van der Waals surface area contributed by atoms with E-state index < -0.39 is 0 Å². The summed E-state index contributed by atoms with van der Waals surface area (Å²) in [5, 5.41) is 14.0. The average Bonchev–Trinajstić information content (AvgIpc) is 2.16. The van der Waals surface area contributed by atoms with E-state index >= 15 is 0 Å². The van der Waals surface area contributed by atoms with Crippen molar-refractivity contribution >= 4 is 0 Å². The number of aliphatic hydroxyl groups is 2. The Balaban J connectivity index is -0.00000000425. The Morgan fingerprint density at radius 3 is 0.625 bits per heavy atom. The molecule has 0 saturated heterocycles. The molecule has 0 saturated carbocycles. The van der Waals surface area contributed by atoms with Crippen LogP contribution in [0, 0.1) is 0 Å². The van der Waals surface area contributed by atoms with Gasteiger partial charge in [0.05, 0.1) is 0 Å². The molecule has 0 bridgehead atoms. The molecular weight excluding hydrogens is 230 g/mol. The third kappa shape index (κ3) is 1030. The minimum Gasteiger partial charge on any atom is -1.00 e. The Bertz CT molecular complexity index is 28.3. The molecule has 6 N–H and O–H groups in total. The second-order valence-corrected chi connectivity index (χ2v) is 1.41. The van der Waals surface area contributed by atoms with Crippen molar-refractivity contribution < 1.29 is 81.7 Å². The van der Waals surface area contributed by atoms with Gasteiger partial charge in [-0.05, 0) is 0 Å². The molecule has 0 radical (unpaired) electrons. The van der Waals surface area contributed by atoms with E-state index in [1.165, 1.54) is 12.8 Å². The van der Waals surface area contributed by atoms with Gasteiger partial charge >= 0.3 is 59.1 Å². The molecule has 0 aromatic rings. The van der Waals surface area contributed by atoms with Crippen LogP contribution in [0.4, 0.5) is 0 Å². The Hall–Kier alpha value is 1.84. The SMILES string of the molecule is CC.CCC.CCC.CO.CO.O.O.[H-].[Na+].[Na+]. The largest absolute Gasteiger partial charge is 1.00 e. The fourth-order valence-electron chi connectivity index (χ4n) is 0. The Labute approximate surface area is 149 Å². The Kier molecular flexibility index (Phi) is 1160. The zero-order valence-corrected chi connectivity index (χ0v) is 17.3. The Morgan fingerprint density at radius 2 is 0.625 bits per heavy atom. The summed E-state index contributed by atoms with van der Waals surface area (Å²) in [6.45, 7) is 12.5. The van der Waals surface area contributed by atoms with Crippen molar-refractivity contribution in [2.45, 2.75) is 54.4 Å². The predicted molar refractivity (Wildman–Crippen MR) is 67.9 cm³/mol. The van der Waals surface area contributed by atoms with Crippen LogP contribution in [0.2, 0.25) is 0 Å². The van der Waals surface area contributed by atoms with Gasteiger partial charge in [0.25, 0.3) is 0 Å². The maximum atomic E-state index is 7.00. The van der Waals surface area contributed by atoms with Crippen LogP contribution in [0.3, 0.4) is 0 Å². The van der Waals surface area contributed by atoms with Crippen molar-refractivity contribution in [2.24, 2.45) is 0 Å². The predicted octanol–water partition coefficient (Wildman–Crippen LogP) is -4.45. The van der Waals surface area contributed by atoms with Gasteiger partial charge in [0.15, 0.2) is 0 Å². The van der Waals surface area contributed by atoms with Crippen LogP contribution >= 0.6 is 0 Å². The first-order valence-electron chi connectivity index (χ1n) is 4.72. The molecule has 4 nitrogen and oxygen atoms in total. The van der Waals surface area contributed by atoms with Crippen LogP contribution in [0.25, 0.3) is 0 Å². The molecule has 0 aliphatic rings. The monoisotopic (exact) mass is 265 g/mol. The van der Waals surface area contributed by atoms with E-state index in [0.717, 1.165) is 14.2 Å². The minimum atomic E-state index is 0. The molecule has 6 heteroatoms. The van der Waals surface area contributed by atoms with Crippen LogP contribution in [0.5, 0.6) is 0 Å². The van der Waals surface area contributed by atoms with Crippen molar-refractivity contribution in [2.75, 3.05) is 14.2 Å². The minimum absolute atomic E-state index is 0. The molecule has 0 aliphatic heterocycles. The summed E-state index contributed by atoms with van der Waals surface area (Å²) in [6.07, 6.45) is 2.50. The second kappa shape index (κ2) is 287. The smallest absolute Gasteiger partial charge is 1.00 e. The molecule has 0 spiro atoms. The van der Waals surface area contributed by atoms with E-state index in [4.69, 9.17) is 10.2 Å². The molecule has 0 heterocycles. The quantitative estimate of drug-likeness (QED) is 0.431. The van der Waals surface area contributed by atoms with Crippen LogP contribution in [-0.4, -0.2) is 35.4 Å². The first-order chi connectivity index (χ1) is 5.83. The van der Waals surface area contributed by atoms with Gasteiger partial charge in [-0.2, -0.15) is 0 Å². The summed E-state index contributed by atoms with van der Waals surface area (Å²) in [6, 6.07) is 0. The van der Waals surface area contributed by atoms with Crippen molar-refractivity contribution in [3.63, 3.8) is 0 Å². The van der Waals surface area contributed by atoms with Crippen molar-refractivity contribution in [3.05, 3.63) is 0 Å². The number of aliphatic hydroxyl groups excluding tert-OH is 2. The number of rotatable bonds is 0. The third-order valence-corrected chi connectivity index (χ3v) is 0. The molecule has 0 amide bonds. The molecule has 16 heavy (non-hydrogen) atoms. The van der Waals surface area contributed by atoms with E-state index in [2.05, 4.69) is 27.7 Å². The standard InChI is InChI=1S/2C3H8.C2H6.2CH4O.2Na.2H2O.H/c2*1-3-2;3*1-2;;;;;/h2*3H2,1-2H3;1-2H3;2*2H,1H3;;;2*1H2;/q;;;;;2*+1;;;-1. The van der Waals surface area contributed by atoms with Gasteiger partial charge in [0, 0.05) is 14.2 Å². The van der Waals surface area contributed by atoms with E-state index in [9.17, 15) is 0 Å². The molecule has 0 unspecified atom stereocenters. The zero-order chi connectivity index (χ0) is 11.4. The topological polar surface area (TPSA) is 103 Å². The normalized spacial score (nSPS) is 3.38. The maximum absolute atomic E-state index is 7.00. The summed E-state index contributed by atoms with van der Waals surface area (Å²) < 4.78 is 0. The van der Waals surface area contributed by atoms with Gasteiger partial charge in [-0.3, -0.25) is 0 Å². The first kappa shape index (κ1) is 64.7. The van der Waals surface area contributed by atoms with Crippen LogP contribution in [0.1, 0.15) is 55.8 Å². The average molecular weight is 265 g/mol. The van der Waals surface area contributed by atoms with Gasteiger partial charge < -0.3 is 22.6 Å². The van der Waals surface area contributed by atoms with Gasteiger partial charge in [-0.1, -0.05) is 54.4 Å². The molecule has 0 aromatic heterocycles. The molecule has 100 valence electrons. The van der Waals surface area contributed by atoms with Crippen molar-refractivity contribution in [1.29, 1.82) is 0 Å². The fraction of sp³-hybridized carbons (Fsp3) is 1.00. The third-order valence-electron chi connectivity index (χ3n) is 0. The van der Waals surface area contributed by atoms with Gasteiger partial charge in [-0.15, -0.1) is 0 Å². The summed E-state index contributed by atoms with van der Waals surface area (Å²) in [7, 11) is 2.00. The molecule has 0 atom stereocenters. The Morgan fingerprint density at radius 1 is 0.625 bits per heavy atom. The zero-order valence-electron chi connectivity index (χ0n) is 14.3. The fourth-order valence-corrected chi connectivity index (χ4v) is 0. The van der Waals surface area contributed by atoms with Gasteiger partial charge in [0.1, 0.15) is 0 Å². The summed E-state index contributed by atoms with van der Waals surface area (Å²) in [5.74, 6) is 0. The summed E-state index contributed by atoms with van der Waals surface area (Å²) >= 11 is 0. The molecule has 0 rings (SSSR count). The number of hydrogen-bond acceptors (Lipinski definition) is 2. The first-order valence-corrected chi connectivity index (χ1v) is 4.72. The van der Waals surface area contributed by atoms with Gasteiger partial charge in [0.2, 0.25) is 0 Å². The van der Waals surface area contributed by atoms with E-state index in [1.54, 1.807) is 0 Å². The van der Waals surface area contributed by atoms with E-state index in [0.29, 0.717) is 0 Å². The molecule has 0 aliphatic carbocycles. The van der Waals surface area contributed by atoms with Crippen LogP contribution in [0.15, 0.2) is 0 Å². The summed E-state index contributed by atoms with van der Waals surface area (Å²) in [4.78, 5) is 0. The van der Waals surface area contributed by atoms with Crippen molar-refractivity contribution in [1.82, 2.24) is 0 Å². The molecular formula is C10H35Na2O4+. The van der Waals surface area contributed by atoms with Crippen LogP contribution < -0.4 is 59.1 Å². The summed E-state index contributed by atoms with van der Waals surface area (Å²) in [5.41, 5.74) is 0. The van der Waals surface area contributed by atoms with Gasteiger partial charge in [-0.25, -0.2) is 0 Å². The molecule has 0 aromatic carbocycles. The molecule has 0 fully saturated rings. The van der Waals surface area contributed by atoms with Crippen molar-refractivity contribution in [3.8, 4) is 0 Å². The van der Waals surface area contributed by atoms with E-state index in [-0.39, 0.29) is 71.5 Å². The second-order valence-electron chi connectivity index (χ2n) is 1.41. The maximum Gasteiger partial charge on any atom is 1.00 e.